The second-order valence-electron chi connectivity index (χ2n) is 3.58. The van der Waals surface area contributed by atoms with Crippen molar-refractivity contribution in [1.82, 2.24) is 4.90 Å². The van der Waals surface area contributed by atoms with Crippen molar-refractivity contribution in [3.05, 3.63) is 48.7 Å². The fourth-order valence-electron chi connectivity index (χ4n) is 1.46. The molecule has 1 aliphatic carbocycles. The second-order valence-corrected chi connectivity index (χ2v) is 3.58. The Morgan fingerprint density at radius 3 is 2.86 bits per heavy atom. The largest absolute Gasteiger partial charge is 0.369 e. The van der Waals surface area contributed by atoms with Crippen LogP contribution < -0.4 is 0 Å². The van der Waals surface area contributed by atoms with Crippen LogP contribution in [0.5, 0.6) is 0 Å². The number of nitrogens with zero attached hydrogens (tertiary/aromatic N) is 1. The maximum Gasteiger partial charge on any atom is 0.0444 e. The van der Waals surface area contributed by atoms with Gasteiger partial charge in [-0.3, -0.25) is 0 Å². The molecule has 0 fully saturated rings. The van der Waals surface area contributed by atoms with Crippen molar-refractivity contribution >= 4 is 0 Å². The van der Waals surface area contributed by atoms with Crippen LogP contribution in [0.3, 0.4) is 0 Å². The van der Waals surface area contributed by atoms with Crippen molar-refractivity contribution in [2.24, 2.45) is 0 Å². The third-order valence-corrected chi connectivity index (χ3v) is 2.52. The van der Waals surface area contributed by atoms with E-state index in [2.05, 4.69) is 49.8 Å². The SMILES string of the molecule is C=C/C=C\C(C)N(C)C1=CCCC=C1. The maximum absolute atomic E-state index is 3.67. The van der Waals surface area contributed by atoms with Crippen molar-refractivity contribution in [3.8, 4) is 0 Å². The topological polar surface area (TPSA) is 3.24 Å². The summed E-state index contributed by atoms with van der Waals surface area (Å²) in [5.74, 6) is 0. The zero-order valence-electron chi connectivity index (χ0n) is 9.11. The zero-order chi connectivity index (χ0) is 10.4. The van der Waals surface area contributed by atoms with Gasteiger partial charge in [-0.05, 0) is 25.8 Å². The molecule has 0 spiro atoms. The van der Waals surface area contributed by atoms with Gasteiger partial charge in [0, 0.05) is 18.8 Å². The van der Waals surface area contributed by atoms with E-state index in [1.807, 2.05) is 12.2 Å². The van der Waals surface area contributed by atoms with Gasteiger partial charge in [0.25, 0.3) is 0 Å². The molecule has 1 heteroatoms. The molecule has 1 atom stereocenters. The molecule has 0 aromatic heterocycles. The van der Waals surface area contributed by atoms with Crippen LogP contribution in [0.25, 0.3) is 0 Å². The van der Waals surface area contributed by atoms with Gasteiger partial charge < -0.3 is 4.90 Å². The Hall–Kier alpha value is -1.24. The molecule has 14 heavy (non-hydrogen) atoms. The van der Waals surface area contributed by atoms with Crippen LogP contribution in [0.2, 0.25) is 0 Å². The monoisotopic (exact) mass is 189 g/mol. The molecular formula is C13H19N. The molecule has 0 N–H and O–H groups in total. The predicted octanol–water partition coefficient (Wildman–Crippen LogP) is 3.28. The summed E-state index contributed by atoms with van der Waals surface area (Å²) in [4.78, 5) is 2.27. The Bertz CT molecular complexity index is 271. The van der Waals surface area contributed by atoms with Gasteiger partial charge in [0.15, 0.2) is 0 Å². The van der Waals surface area contributed by atoms with E-state index in [-0.39, 0.29) is 0 Å². The Kier molecular flexibility index (Phi) is 4.24. The van der Waals surface area contributed by atoms with Crippen LogP contribution in [-0.4, -0.2) is 18.0 Å². The first-order chi connectivity index (χ1) is 6.75. The van der Waals surface area contributed by atoms with Crippen molar-refractivity contribution < 1.29 is 0 Å². The first-order valence-corrected chi connectivity index (χ1v) is 5.14. The molecule has 0 heterocycles. The fraction of sp³-hybridized carbons (Fsp3) is 0.385. The third kappa shape index (κ3) is 2.91. The van der Waals surface area contributed by atoms with E-state index in [9.17, 15) is 0 Å². The highest BCUT2D eigenvalue weighted by Crippen LogP contribution is 2.15. The van der Waals surface area contributed by atoms with Gasteiger partial charge in [0.05, 0.1) is 0 Å². The lowest BCUT2D eigenvalue weighted by molar-refractivity contribution is 0.381. The van der Waals surface area contributed by atoms with Gasteiger partial charge in [-0.15, -0.1) is 0 Å². The molecule has 0 saturated carbocycles. The number of rotatable bonds is 4. The molecule has 76 valence electrons. The number of hydrogen-bond donors (Lipinski definition) is 0. The number of hydrogen-bond acceptors (Lipinski definition) is 1. The van der Waals surface area contributed by atoms with Crippen molar-refractivity contribution in [2.45, 2.75) is 25.8 Å². The van der Waals surface area contributed by atoms with Crippen LogP contribution in [0, 0.1) is 0 Å². The van der Waals surface area contributed by atoms with Crippen LogP contribution in [0.1, 0.15) is 19.8 Å². The van der Waals surface area contributed by atoms with E-state index in [0.29, 0.717) is 6.04 Å². The summed E-state index contributed by atoms with van der Waals surface area (Å²) in [5.41, 5.74) is 1.32. The van der Waals surface area contributed by atoms with Crippen LogP contribution in [0.15, 0.2) is 48.7 Å². The summed E-state index contributed by atoms with van der Waals surface area (Å²) in [6.45, 7) is 5.85. The average Bonchev–Trinajstić information content (AvgIpc) is 2.26. The van der Waals surface area contributed by atoms with E-state index in [0.717, 1.165) is 6.42 Å². The smallest absolute Gasteiger partial charge is 0.0444 e. The maximum atomic E-state index is 3.67. The molecular weight excluding hydrogens is 170 g/mol. The number of allylic oxidation sites excluding steroid dienone is 5. The molecule has 0 aromatic carbocycles. The summed E-state index contributed by atoms with van der Waals surface area (Å²) < 4.78 is 0. The Morgan fingerprint density at radius 1 is 1.50 bits per heavy atom. The Labute approximate surface area is 87.1 Å². The third-order valence-electron chi connectivity index (χ3n) is 2.52. The van der Waals surface area contributed by atoms with E-state index >= 15 is 0 Å². The minimum Gasteiger partial charge on any atom is -0.369 e. The van der Waals surface area contributed by atoms with Gasteiger partial charge in [-0.25, -0.2) is 0 Å². The molecule has 1 rings (SSSR count). The highest BCUT2D eigenvalue weighted by molar-refractivity contribution is 5.22. The van der Waals surface area contributed by atoms with Gasteiger partial charge in [-0.2, -0.15) is 0 Å². The predicted molar refractivity (Wildman–Crippen MR) is 63.0 cm³/mol. The van der Waals surface area contributed by atoms with Gasteiger partial charge >= 0.3 is 0 Å². The molecule has 1 nitrogen and oxygen atoms in total. The summed E-state index contributed by atoms with van der Waals surface area (Å²) in [6.07, 6.45) is 15.0. The molecule has 0 radical (unpaired) electrons. The van der Waals surface area contributed by atoms with Crippen LogP contribution >= 0.6 is 0 Å². The van der Waals surface area contributed by atoms with E-state index in [4.69, 9.17) is 0 Å². The van der Waals surface area contributed by atoms with E-state index in [1.165, 1.54) is 12.1 Å². The first-order valence-electron chi connectivity index (χ1n) is 5.14. The molecule has 0 bridgehead atoms. The lowest BCUT2D eigenvalue weighted by Crippen LogP contribution is -2.26. The van der Waals surface area contributed by atoms with Crippen molar-refractivity contribution in [3.63, 3.8) is 0 Å². The fourth-order valence-corrected chi connectivity index (χ4v) is 1.46. The summed E-state index contributed by atoms with van der Waals surface area (Å²) >= 11 is 0. The number of likely N-dealkylation sites (N-methyl/N-ethyl adjacent to an activating group) is 1. The molecule has 0 aromatic rings. The molecule has 0 aliphatic heterocycles. The Morgan fingerprint density at radius 2 is 2.29 bits per heavy atom. The second kappa shape index (κ2) is 5.48. The van der Waals surface area contributed by atoms with Gasteiger partial charge in [0.2, 0.25) is 0 Å². The molecule has 0 saturated heterocycles. The lowest BCUT2D eigenvalue weighted by Gasteiger charge is -2.26. The minimum absolute atomic E-state index is 0.419. The lowest BCUT2D eigenvalue weighted by atomic mass is 10.1. The van der Waals surface area contributed by atoms with E-state index in [1.54, 1.807) is 0 Å². The zero-order valence-corrected chi connectivity index (χ0v) is 9.11. The normalized spacial score (nSPS) is 18.0. The van der Waals surface area contributed by atoms with Crippen molar-refractivity contribution in [2.75, 3.05) is 7.05 Å². The van der Waals surface area contributed by atoms with E-state index < -0.39 is 0 Å². The van der Waals surface area contributed by atoms with Gasteiger partial charge in [0.1, 0.15) is 0 Å². The first kappa shape index (κ1) is 10.8. The average molecular weight is 189 g/mol. The minimum atomic E-state index is 0.419. The summed E-state index contributed by atoms with van der Waals surface area (Å²) in [6, 6.07) is 0.419. The van der Waals surface area contributed by atoms with Gasteiger partial charge in [-0.1, -0.05) is 37.0 Å². The Balaban J connectivity index is 2.59. The standard InChI is InChI=1S/C13H19N/c1-4-5-9-12(2)14(3)13-10-7-6-8-11-13/h4-5,7,9-12H,1,6,8H2,2-3H3/b9-5-. The molecule has 1 aliphatic rings. The van der Waals surface area contributed by atoms with Crippen molar-refractivity contribution in [1.29, 1.82) is 0 Å². The molecule has 0 amide bonds. The highest BCUT2D eigenvalue weighted by Gasteiger charge is 2.08. The highest BCUT2D eigenvalue weighted by atomic mass is 15.1. The summed E-state index contributed by atoms with van der Waals surface area (Å²) in [5, 5.41) is 0. The summed E-state index contributed by atoms with van der Waals surface area (Å²) in [7, 11) is 2.12. The van der Waals surface area contributed by atoms with Crippen LogP contribution in [0.4, 0.5) is 0 Å². The molecule has 1 unspecified atom stereocenters. The van der Waals surface area contributed by atoms with Crippen LogP contribution in [-0.2, 0) is 0 Å². The quantitative estimate of drug-likeness (QED) is 0.613.